The topological polar surface area (TPSA) is 104 Å². The summed E-state index contributed by atoms with van der Waals surface area (Å²) in [5.74, 6) is -0.432. The van der Waals surface area contributed by atoms with Gasteiger partial charge >= 0.3 is 0 Å². The maximum absolute atomic E-state index is 12.0. The van der Waals surface area contributed by atoms with Crippen LogP contribution in [0.4, 0.5) is 5.95 Å². The number of aromatic nitrogens is 2. The molecular weight excluding hydrogens is 282 g/mol. The second-order valence-corrected chi connectivity index (χ2v) is 6.42. The first kappa shape index (κ1) is 14.8. The van der Waals surface area contributed by atoms with Crippen molar-refractivity contribution < 1.29 is 13.2 Å². The summed E-state index contributed by atoms with van der Waals surface area (Å²) in [6.45, 7) is 2.18. The van der Waals surface area contributed by atoms with Crippen LogP contribution in [0.15, 0.2) is 18.5 Å². The van der Waals surface area contributed by atoms with E-state index in [-0.39, 0.29) is 18.1 Å². The fourth-order valence-corrected chi connectivity index (χ4v) is 3.26. The fraction of sp³-hybridized carbons (Fsp3) is 0.545. The van der Waals surface area contributed by atoms with E-state index in [9.17, 15) is 13.2 Å². The molecule has 1 aliphatic rings. The summed E-state index contributed by atoms with van der Waals surface area (Å²) in [7, 11) is -3.38. The van der Waals surface area contributed by atoms with Gasteiger partial charge in [-0.05, 0) is 6.07 Å². The van der Waals surface area contributed by atoms with Gasteiger partial charge in [-0.15, -0.1) is 0 Å². The lowest BCUT2D eigenvalue weighted by molar-refractivity contribution is -0.115. The molecule has 2 N–H and O–H groups in total. The molecule has 0 bridgehead atoms. The SMILES string of the molecule is O=C(CCS(=O)(=O)N1CCNCC1)Nc1ncccn1. The van der Waals surface area contributed by atoms with E-state index in [0.717, 1.165) is 0 Å². The lowest BCUT2D eigenvalue weighted by Crippen LogP contribution is -2.47. The number of hydrogen-bond acceptors (Lipinski definition) is 6. The van der Waals surface area contributed by atoms with Crippen LogP contribution in [0.5, 0.6) is 0 Å². The van der Waals surface area contributed by atoms with Crippen LogP contribution in [0.2, 0.25) is 0 Å². The van der Waals surface area contributed by atoms with Gasteiger partial charge in [0, 0.05) is 45.0 Å². The molecule has 0 radical (unpaired) electrons. The van der Waals surface area contributed by atoms with Crippen molar-refractivity contribution in [2.24, 2.45) is 0 Å². The number of anilines is 1. The molecular formula is C11H17N5O3S. The first-order valence-corrected chi connectivity index (χ1v) is 7.94. The quantitative estimate of drug-likeness (QED) is 0.725. The summed E-state index contributed by atoms with van der Waals surface area (Å²) in [4.78, 5) is 19.3. The lowest BCUT2D eigenvalue weighted by atomic mass is 10.4. The summed E-state index contributed by atoms with van der Waals surface area (Å²) in [6.07, 6.45) is 2.89. The van der Waals surface area contributed by atoms with Gasteiger partial charge in [-0.3, -0.25) is 10.1 Å². The predicted octanol–water partition coefficient (Wildman–Crippen LogP) is -0.960. The Labute approximate surface area is 117 Å². The molecule has 1 aliphatic heterocycles. The highest BCUT2D eigenvalue weighted by molar-refractivity contribution is 7.89. The molecule has 1 amide bonds. The van der Waals surface area contributed by atoms with Crippen molar-refractivity contribution in [2.75, 3.05) is 37.2 Å². The number of hydrogen-bond donors (Lipinski definition) is 2. The van der Waals surface area contributed by atoms with Gasteiger partial charge in [0.15, 0.2) is 0 Å². The minimum absolute atomic E-state index is 0.107. The van der Waals surface area contributed by atoms with Crippen LogP contribution in [-0.2, 0) is 14.8 Å². The third-order valence-corrected chi connectivity index (χ3v) is 4.75. The van der Waals surface area contributed by atoms with Gasteiger partial charge in [-0.2, -0.15) is 4.31 Å². The molecule has 9 heteroatoms. The molecule has 1 saturated heterocycles. The molecule has 2 rings (SSSR count). The molecule has 1 aromatic rings. The second kappa shape index (κ2) is 6.73. The first-order chi connectivity index (χ1) is 9.58. The molecule has 8 nitrogen and oxygen atoms in total. The third kappa shape index (κ3) is 4.22. The van der Waals surface area contributed by atoms with Gasteiger partial charge < -0.3 is 5.32 Å². The molecule has 2 heterocycles. The predicted molar refractivity (Wildman–Crippen MR) is 73.5 cm³/mol. The van der Waals surface area contributed by atoms with Crippen LogP contribution in [0.3, 0.4) is 0 Å². The monoisotopic (exact) mass is 299 g/mol. The Hall–Kier alpha value is -1.58. The fourth-order valence-electron chi connectivity index (χ4n) is 1.82. The van der Waals surface area contributed by atoms with Gasteiger partial charge in [-0.25, -0.2) is 18.4 Å². The third-order valence-electron chi connectivity index (χ3n) is 2.87. The normalized spacial score (nSPS) is 16.8. The highest BCUT2D eigenvalue weighted by atomic mass is 32.2. The molecule has 1 fully saturated rings. The second-order valence-electron chi connectivity index (χ2n) is 4.34. The summed E-state index contributed by atoms with van der Waals surface area (Å²) >= 11 is 0. The molecule has 0 saturated carbocycles. The number of rotatable bonds is 5. The lowest BCUT2D eigenvalue weighted by Gasteiger charge is -2.26. The standard InChI is InChI=1S/C11H17N5O3S/c17-10(15-11-13-3-1-4-14-11)2-9-20(18,19)16-7-5-12-6-8-16/h1,3-4,12H,2,5-9H2,(H,13,14,15,17). The average molecular weight is 299 g/mol. The average Bonchev–Trinajstić information content (AvgIpc) is 2.47. The molecule has 20 heavy (non-hydrogen) atoms. The van der Waals surface area contributed by atoms with Crippen LogP contribution in [0.1, 0.15) is 6.42 Å². The van der Waals surface area contributed by atoms with Crippen LogP contribution in [-0.4, -0.2) is 60.5 Å². The summed E-state index contributed by atoms with van der Waals surface area (Å²) in [6, 6.07) is 1.63. The minimum Gasteiger partial charge on any atom is -0.314 e. The maximum atomic E-state index is 12.0. The molecule has 0 aliphatic carbocycles. The number of piperazine rings is 1. The molecule has 0 unspecified atom stereocenters. The smallest absolute Gasteiger partial charge is 0.229 e. The van der Waals surface area contributed by atoms with Gasteiger partial charge in [0.1, 0.15) is 0 Å². The Kier molecular flexibility index (Phi) is 4.99. The molecule has 1 aromatic heterocycles. The van der Waals surface area contributed by atoms with Gasteiger partial charge in [-0.1, -0.05) is 0 Å². The van der Waals surface area contributed by atoms with Crippen molar-refractivity contribution in [3.05, 3.63) is 18.5 Å². The van der Waals surface area contributed by atoms with E-state index in [1.807, 2.05) is 0 Å². The van der Waals surface area contributed by atoms with E-state index in [2.05, 4.69) is 20.6 Å². The highest BCUT2D eigenvalue weighted by Gasteiger charge is 2.24. The molecule has 0 aromatic carbocycles. The Balaban J connectivity index is 1.83. The number of carbonyl (C=O) groups excluding carboxylic acids is 1. The molecule has 0 atom stereocenters. The van der Waals surface area contributed by atoms with E-state index in [1.165, 1.54) is 16.7 Å². The van der Waals surface area contributed by atoms with Gasteiger partial charge in [0.05, 0.1) is 5.75 Å². The number of sulfonamides is 1. The number of nitrogens with one attached hydrogen (secondary N) is 2. The zero-order chi connectivity index (χ0) is 14.4. The maximum Gasteiger partial charge on any atom is 0.229 e. The Bertz CT molecular complexity index is 542. The van der Waals surface area contributed by atoms with Gasteiger partial charge in [0.2, 0.25) is 21.9 Å². The number of nitrogens with zero attached hydrogens (tertiary/aromatic N) is 3. The van der Waals surface area contributed by atoms with E-state index >= 15 is 0 Å². The van der Waals surface area contributed by atoms with Crippen LogP contribution >= 0.6 is 0 Å². The van der Waals surface area contributed by atoms with Crippen LogP contribution < -0.4 is 10.6 Å². The molecule has 110 valence electrons. The molecule has 0 spiro atoms. The Morgan fingerprint density at radius 2 is 1.95 bits per heavy atom. The van der Waals surface area contributed by atoms with Crippen molar-refractivity contribution in [1.29, 1.82) is 0 Å². The van der Waals surface area contributed by atoms with E-state index in [0.29, 0.717) is 26.2 Å². The largest absolute Gasteiger partial charge is 0.314 e. The van der Waals surface area contributed by atoms with E-state index in [4.69, 9.17) is 0 Å². The van der Waals surface area contributed by atoms with Gasteiger partial charge in [0.25, 0.3) is 0 Å². The number of amides is 1. The van der Waals surface area contributed by atoms with Crippen molar-refractivity contribution >= 4 is 21.9 Å². The Morgan fingerprint density at radius 1 is 1.30 bits per heavy atom. The zero-order valence-corrected chi connectivity index (χ0v) is 11.8. The van der Waals surface area contributed by atoms with Crippen LogP contribution in [0.25, 0.3) is 0 Å². The Morgan fingerprint density at radius 3 is 2.60 bits per heavy atom. The van der Waals surface area contributed by atoms with Crippen LogP contribution in [0, 0.1) is 0 Å². The zero-order valence-electron chi connectivity index (χ0n) is 10.9. The van der Waals surface area contributed by atoms with E-state index < -0.39 is 15.9 Å². The summed E-state index contributed by atoms with van der Waals surface area (Å²) in [5.41, 5.74) is 0. The van der Waals surface area contributed by atoms with Crippen molar-refractivity contribution in [1.82, 2.24) is 19.6 Å². The highest BCUT2D eigenvalue weighted by Crippen LogP contribution is 2.05. The van der Waals surface area contributed by atoms with E-state index in [1.54, 1.807) is 6.07 Å². The van der Waals surface area contributed by atoms with Crippen molar-refractivity contribution in [3.63, 3.8) is 0 Å². The van der Waals surface area contributed by atoms with Crippen molar-refractivity contribution in [2.45, 2.75) is 6.42 Å². The minimum atomic E-state index is -3.38. The first-order valence-electron chi connectivity index (χ1n) is 6.33. The van der Waals surface area contributed by atoms with Crippen molar-refractivity contribution in [3.8, 4) is 0 Å². The summed E-state index contributed by atoms with van der Waals surface area (Å²) in [5, 5.41) is 5.54. The number of carbonyl (C=O) groups is 1. The summed E-state index contributed by atoms with van der Waals surface area (Å²) < 4.78 is 25.5.